The third-order valence-corrected chi connectivity index (χ3v) is 5.53. The van der Waals surface area contributed by atoms with Crippen LogP contribution in [-0.2, 0) is 6.42 Å². The Morgan fingerprint density at radius 1 is 0.885 bits per heavy atom. The van der Waals surface area contributed by atoms with E-state index >= 15 is 0 Å². The molecule has 140 valence electrons. The fraction of sp³-hybridized carbons (Fsp3) is 0.538. The zero-order valence-corrected chi connectivity index (χ0v) is 16.8. The molecule has 0 N–H and O–H groups in total. The summed E-state index contributed by atoms with van der Waals surface area (Å²) < 4.78 is 0. The van der Waals surface area contributed by atoms with Gasteiger partial charge in [0.1, 0.15) is 0 Å². The first-order valence-corrected chi connectivity index (χ1v) is 10.7. The molecule has 0 aliphatic heterocycles. The fourth-order valence-corrected chi connectivity index (χ4v) is 3.87. The average molecular weight is 349 g/mol. The molecule has 0 heterocycles. The molecular weight excluding hydrogens is 312 g/mol. The minimum Gasteiger partial charge on any atom is -0.0730 e. The van der Waals surface area contributed by atoms with E-state index in [4.69, 9.17) is 0 Å². The maximum absolute atomic E-state index is 3.17. The summed E-state index contributed by atoms with van der Waals surface area (Å²) in [5, 5.41) is 0. The van der Waals surface area contributed by atoms with Gasteiger partial charge in [-0.05, 0) is 79.7 Å². The van der Waals surface area contributed by atoms with E-state index in [-0.39, 0.29) is 0 Å². The van der Waals surface area contributed by atoms with Crippen molar-refractivity contribution < 1.29 is 0 Å². The maximum atomic E-state index is 3.17. The number of hydrogen-bond donors (Lipinski definition) is 0. The van der Waals surface area contributed by atoms with E-state index in [1.807, 2.05) is 6.08 Å². The minimum absolute atomic E-state index is 0.752. The molecule has 1 aliphatic rings. The number of benzene rings is 1. The van der Waals surface area contributed by atoms with Gasteiger partial charge in [0.15, 0.2) is 0 Å². The van der Waals surface area contributed by atoms with Crippen molar-refractivity contribution in [3.63, 3.8) is 0 Å². The van der Waals surface area contributed by atoms with Crippen LogP contribution in [0.15, 0.2) is 42.5 Å². The Morgan fingerprint density at radius 3 is 2.31 bits per heavy atom. The third-order valence-electron chi connectivity index (χ3n) is 5.53. The highest BCUT2D eigenvalue weighted by Crippen LogP contribution is 2.31. The summed E-state index contributed by atoms with van der Waals surface area (Å²) in [6.45, 7) is 4.55. The van der Waals surface area contributed by atoms with Crippen LogP contribution in [0.3, 0.4) is 0 Å². The number of allylic oxidation sites excluding steroid dienone is 3. The van der Waals surface area contributed by atoms with Crippen LogP contribution in [0.1, 0.15) is 82.8 Å². The van der Waals surface area contributed by atoms with Gasteiger partial charge >= 0.3 is 0 Å². The van der Waals surface area contributed by atoms with Gasteiger partial charge in [-0.1, -0.05) is 81.7 Å². The van der Waals surface area contributed by atoms with Gasteiger partial charge in [-0.15, -0.1) is 0 Å². The molecular formula is C26H36. The largest absolute Gasteiger partial charge is 0.0730 e. The van der Waals surface area contributed by atoms with Crippen molar-refractivity contribution in [3.8, 4) is 11.8 Å². The summed E-state index contributed by atoms with van der Waals surface area (Å²) in [7, 11) is 0. The Morgan fingerprint density at radius 2 is 1.62 bits per heavy atom. The van der Waals surface area contributed by atoms with Crippen molar-refractivity contribution in [1.82, 2.24) is 0 Å². The summed E-state index contributed by atoms with van der Waals surface area (Å²) in [5.74, 6) is 8.04. The van der Waals surface area contributed by atoms with Crippen molar-refractivity contribution in [3.05, 3.63) is 53.6 Å². The Bertz CT molecular complexity index is 598. The average Bonchev–Trinajstić information content (AvgIpc) is 2.67. The van der Waals surface area contributed by atoms with Crippen molar-refractivity contribution in [2.45, 2.75) is 78.1 Å². The van der Waals surface area contributed by atoms with Crippen molar-refractivity contribution in [2.24, 2.45) is 11.8 Å². The first-order valence-electron chi connectivity index (χ1n) is 10.7. The van der Waals surface area contributed by atoms with Gasteiger partial charge in [0, 0.05) is 0 Å². The zero-order chi connectivity index (χ0) is 18.5. The summed E-state index contributed by atoms with van der Waals surface area (Å²) in [4.78, 5) is 0. The van der Waals surface area contributed by atoms with Crippen LogP contribution in [0.25, 0.3) is 6.08 Å². The Hall–Kier alpha value is -1.74. The summed E-state index contributed by atoms with van der Waals surface area (Å²) in [5.41, 5.74) is 2.68. The number of aryl methyl sites for hydroxylation is 1. The first-order chi connectivity index (χ1) is 12.8. The predicted octanol–water partition coefficient (Wildman–Crippen LogP) is 7.60. The summed E-state index contributed by atoms with van der Waals surface area (Å²) in [6, 6.07) is 8.89. The molecule has 0 radical (unpaired) electrons. The van der Waals surface area contributed by atoms with Crippen LogP contribution in [0.2, 0.25) is 0 Å². The molecule has 0 amide bonds. The lowest BCUT2D eigenvalue weighted by Crippen LogP contribution is -2.12. The van der Waals surface area contributed by atoms with Gasteiger partial charge < -0.3 is 0 Å². The highest BCUT2D eigenvalue weighted by molar-refractivity contribution is 5.53. The minimum atomic E-state index is 0.752. The predicted molar refractivity (Wildman–Crippen MR) is 116 cm³/mol. The van der Waals surface area contributed by atoms with E-state index in [1.54, 1.807) is 0 Å². The second-order valence-electron chi connectivity index (χ2n) is 7.75. The SMILES string of the molecule is CCCCCc1ccc(C=CC#CC=CC2CCC(CCC)CC2)cc1. The van der Waals surface area contributed by atoms with Gasteiger partial charge in [0.05, 0.1) is 0 Å². The van der Waals surface area contributed by atoms with E-state index < -0.39 is 0 Å². The van der Waals surface area contributed by atoms with Crippen LogP contribution >= 0.6 is 0 Å². The quantitative estimate of drug-likeness (QED) is 0.335. The molecule has 0 spiro atoms. The van der Waals surface area contributed by atoms with Crippen LogP contribution < -0.4 is 0 Å². The van der Waals surface area contributed by atoms with Crippen molar-refractivity contribution in [1.29, 1.82) is 0 Å². The number of rotatable bonds is 8. The van der Waals surface area contributed by atoms with E-state index in [0.29, 0.717) is 0 Å². The van der Waals surface area contributed by atoms with Gasteiger partial charge in [0.25, 0.3) is 0 Å². The highest BCUT2D eigenvalue weighted by atomic mass is 14.2. The van der Waals surface area contributed by atoms with Crippen LogP contribution in [-0.4, -0.2) is 0 Å². The zero-order valence-electron chi connectivity index (χ0n) is 16.8. The maximum Gasteiger partial charge on any atom is -0.0109 e. The van der Waals surface area contributed by atoms with Gasteiger partial charge in [-0.2, -0.15) is 0 Å². The second-order valence-corrected chi connectivity index (χ2v) is 7.75. The number of hydrogen-bond acceptors (Lipinski definition) is 0. The normalized spacial score (nSPS) is 20.4. The molecule has 2 rings (SSSR count). The molecule has 26 heavy (non-hydrogen) atoms. The Kier molecular flexibility index (Phi) is 9.96. The Balaban J connectivity index is 1.70. The smallest absolute Gasteiger partial charge is 0.0109 e. The van der Waals surface area contributed by atoms with Gasteiger partial charge in [-0.3, -0.25) is 0 Å². The van der Waals surface area contributed by atoms with Gasteiger partial charge in [-0.25, -0.2) is 0 Å². The van der Waals surface area contributed by atoms with Crippen LogP contribution in [0, 0.1) is 23.7 Å². The number of unbranched alkanes of at least 4 members (excludes halogenated alkanes) is 2. The second kappa shape index (κ2) is 12.6. The van der Waals surface area contributed by atoms with Crippen LogP contribution in [0.4, 0.5) is 0 Å². The standard InChI is InChI=1S/C26H36/c1-3-5-8-12-24-19-21-26(22-20-24)14-10-7-6-9-13-25-17-15-23(11-4-2)16-18-25/h9-10,13-14,19-23,25H,3-5,8,11-12,15-18H2,1-2H3. The topological polar surface area (TPSA) is 0 Å². The highest BCUT2D eigenvalue weighted by Gasteiger charge is 2.18. The molecule has 0 nitrogen and oxygen atoms in total. The summed E-state index contributed by atoms with van der Waals surface area (Å²) in [6.07, 6.45) is 21.8. The Labute approximate surface area is 161 Å². The molecule has 0 atom stereocenters. The molecule has 0 aromatic heterocycles. The monoisotopic (exact) mass is 348 g/mol. The molecule has 1 aromatic carbocycles. The third kappa shape index (κ3) is 8.09. The molecule has 0 unspecified atom stereocenters. The van der Waals surface area contributed by atoms with E-state index in [2.05, 4.69) is 68.2 Å². The molecule has 0 bridgehead atoms. The van der Waals surface area contributed by atoms with E-state index in [9.17, 15) is 0 Å². The molecule has 0 saturated heterocycles. The molecule has 1 saturated carbocycles. The van der Waals surface area contributed by atoms with Crippen molar-refractivity contribution in [2.75, 3.05) is 0 Å². The lowest BCUT2D eigenvalue weighted by atomic mass is 9.80. The molecule has 0 heteroatoms. The lowest BCUT2D eigenvalue weighted by molar-refractivity contribution is 0.294. The first kappa shape index (κ1) is 20.6. The summed E-state index contributed by atoms with van der Waals surface area (Å²) >= 11 is 0. The van der Waals surface area contributed by atoms with Crippen LogP contribution in [0.5, 0.6) is 0 Å². The van der Waals surface area contributed by atoms with Gasteiger partial charge in [0.2, 0.25) is 0 Å². The molecule has 1 aliphatic carbocycles. The van der Waals surface area contributed by atoms with Crippen molar-refractivity contribution >= 4 is 6.08 Å². The van der Waals surface area contributed by atoms with E-state index in [1.165, 1.54) is 75.3 Å². The van der Waals surface area contributed by atoms with E-state index in [0.717, 1.165) is 11.8 Å². The molecule has 1 aromatic rings. The fourth-order valence-electron chi connectivity index (χ4n) is 3.87. The molecule has 1 fully saturated rings. The lowest BCUT2D eigenvalue weighted by Gasteiger charge is -2.26.